The van der Waals surface area contributed by atoms with Gasteiger partial charge in [0.15, 0.2) is 0 Å². The summed E-state index contributed by atoms with van der Waals surface area (Å²) in [5.74, 6) is 6.66. The van der Waals surface area contributed by atoms with Crippen molar-refractivity contribution in [2.45, 2.75) is 39.3 Å². The van der Waals surface area contributed by atoms with E-state index in [2.05, 4.69) is 143 Å². The van der Waals surface area contributed by atoms with Gasteiger partial charge in [-0.05, 0) is 146 Å². The molecule has 0 spiro atoms. The molecule has 6 aromatic rings. The van der Waals surface area contributed by atoms with Crippen LogP contribution in [-0.4, -0.2) is 44.6 Å². The summed E-state index contributed by atoms with van der Waals surface area (Å²) in [5, 5.41) is 0. The molecule has 0 fully saturated rings. The van der Waals surface area contributed by atoms with Crippen LogP contribution < -0.4 is 28.7 Å². The Kier molecular flexibility index (Phi) is 16.9. The average Bonchev–Trinajstić information content (AvgIpc) is 3.25. The number of halogens is 1. The smallest absolute Gasteiger partial charge is 0.129 e. The fourth-order valence-electron chi connectivity index (χ4n) is 5.36. The number of benzene rings is 6. The van der Waals surface area contributed by atoms with Crippen LogP contribution in [0, 0.1) is 23.4 Å². The molecule has 0 aliphatic carbocycles. The Balaban J connectivity index is 0.000000232. The van der Waals surface area contributed by atoms with Crippen LogP contribution in [0.2, 0.25) is 39.3 Å². The lowest BCUT2D eigenvalue weighted by Crippen LogP contribution is -2.16. The minimum absolute atomic E-state index is 0.834. The van der Waals surface area contributed by atoms with Gasteiger partial charge in [-0.1, -0.05) is 61.1 Å². The average molecular weight is 884 g/mol. The molecule has 0 atom stereocenters. The number of terminal acetylenes is 1. The van der Waals surface area contributed by atoms with Crippen LogP contribution in [-0.2, 0) is 0 Å². The van der Waals surface area contributed by atoms with Crippen LogP contribution in [0.15, 0.2) is 150 Å². The Morgan fingerprint density at radius 1 is 0.407 bits per heavy atom. The van der Waals surface area contributed by atoms with Crippen molar-refractivity contribution in [1.82, 2.24) is 0 Å². The summed E-state index contributed by atoms with van der Waals surface area (Å²) in [4.78, 5) is 4.39. The predicted molar refractivity (Wildman–Crippen MR) is 259 cm³/mol. The highest BCUT2D eigenvalue weighted by atomic mass is 79.9. The largest absolute Gasteiger partial charge is 0.497 e. The summed E-state index contributed by atoms with van der Waals surface area (Å²) in [6, 6.07) is 48.8. The van der Waals surface area contributed by atoms with Gasteiger partial charge in [0.05, 0.1) is 28.4 Å². The van der Waals surface area contributed by atoms with Crippen molar-refractivity contribution < 1.29 is 18.9 Å². The topological polar surface area (TPSA) is 43.4 Å². The molecule has 6 nitrogen and oxygen atoms in total. The minimum Gasteiger partial charge on any atom is -0.497 e. The first kappa shape index (κ1) is 45.9. The summed E-state index contributed by atoms with van der Waals surface area (Å²) in [5.41, 5.74) is 13.6. The maximum Gasteiger partial charge on any atom is 0.129 e. The number of rotatable bonds is 10. The summed E-state index contributed by atoms with van der Waals surface area (Å²) in [6.07, 6.45) is 5.12. The summed E-state index contributed by atoms with van der Waals surface area (Å²) in [7, 11) is 4.20. The number of methoxy groups -OCH3 is 4. The number of hydrogen-bond acceptors (Lipinski definition) is 6. The minimum atomic E-state index is -1.39. The molecular formula is C50H55BrN2O4Si2. The Bertz CT molecular complexity index is 2190. The molecule has 0 aliphatic rings. The van der Waals surface area contributed by atoms with E-state index in [1.165, 1.54) is 0 Å². The molecule has 0 saturated carbocycles. The van der Waals surface area contributed by atoms with Crippen LogP contribution in [0.1, 0.15) is 5.56 Å². The molecule has 59 heavy (non-hydrogen) atoms. The maximum absolute atomic E-state index is 5.31. The van der Waals surface area contributed by atoms with Gasteiger partial charge in [-0.25, -0.2) is 0 Å². The van der Waals surface area contributed by atoms with Gasteiger partial charge in [-0.2, -0.15) is 0 Å². The second-order valence-corrected chi connectivity index (χ2v) is 25.8. The van der Waals surface area contributed by atoms with Gasteiger partial charge in [0, 0.05) is 44.2 Å². The van der Waals surface area contributed by atoms with Crippen molar-refractivity contribution in [3.05, 3.63) is 156 Å². The summed E-state index contributed by atoms with van der Waals surface area (Å²) in [6.45, 7) is 13.2. The molecule has 6 aromatic carbocycles. The lowest BCUT2D eigenvalue weighted by Gasteiger charge is -2.25. The molecule has 9 heteroatoms. The second kappa shape index (κ2) is 21.8. The van der Waals surface area contributed by atoms with Crippen molar-refractivity contribution in [1.29, 1.82) is 0 Å². The molecule has 0 bridgehead atoms. The summed E-state index contributed by atoms with van der Waals surface area (Å²) >= 11 is 3.49. The Morgan fingerprint density at radius 2 is 0.644 bits per heavy atom. The van der Waals surface area contributed by atoms with Crippen molar-refractivity contribution in [3.63, 3.8) is 0 Å². The summed E-state index contributed by atoms with van der Waals surface area (Å²) < 4.78 is 22.2. The van der Waals surface area contributed by atoms with Crippen LogP contribution in [0.5, 0.6) is 23.0 Å². The zero-order chi connectivity index (χ0) is 43.0. The van der Waals surface area contributed by atoms with E-state index in [4.69, 9.17) is 25.4 Å². The number of anilines is 6. The van der Waals surface area contributed by atoms with E-state index in [1.807, 2.05) is 84.9 Å². The number of ether oxygens (including phenoxy) is 4. The van der Waals surface area contributed by atoms with E-state index < -0.39 is 16.1 Å². The highest BCUT2D eigenvalue weighted by molar-refractivity contribution is 9.10. The first-order valence-electron chi connectivity index (χ1n) is 19.2. The molecule has 0 radical (unpaired) electrons. The van der Waals surface area contributed by atoms with Crippen LogP contribution >= 0.6 is 15.9 Å². The van der Waals surface area contributed by atoms with Crippen LogP contribution in [0.25, 0.3) is 0 Å². The van der Waals surface area contributed by atoms with Crippen molar-refractivity contribution in [3.8, 4) is 46.4 Å². The van der Waals surface area contributed by atoms with Crippen molar-refractivity contribution in [2.75, 3.05) is 38.2 Å². The Hall–Kier alpha value is -5.85. The third-order valence-corrected chi connectivity index (χ3v) is 10.8. The van der Waals surface area contributed by atoms with Crippen LogP contribution in [0.4, 0.5) is 34.1 Å². The molecule has 0 amide bonds. The first-order chi connectivity index (χ1) is 28.2. The van der Waals surface area contributed by atoms with Gasteiger partial charge in [-0.15, -0.1) is 17.5 Å². The lowest BCUT2D eigenvalue weighted by molar-refractivity contribution is 0.414. The molecule has 0 saturated heterocycles. The number of hydrogen-bond donors (Lipinski definition) is 0. The fourth-order valence-corrected chi connectivity index (χ4v) is 6.15. The third-order valence-electron chi connectivity index (χ3n) is 8.55. The SMILES string of the molecule is C#C[Si](C)(C)C.COc1ccc(N(c2ccc(Br)cc2)c2ccc(OC)cc2)cc1.COc1ccc(N(c2ccc(C#C[Si](C)(C)C)cc2)c2ccc(OC)cc2)cc1. The number of nitrogens with zero attached hydrogens (tertiary/aromatic N) is 2. The molecule has 0 N–H and O–H groups in total. The van der Waals surface area contributed by atoms with Crippen molar-refractivity contribution in [2.24, 2.45) is 0 Å². The Morgan fingerprint density at radius 3 is 0.864 bits per heavy atom. The standard InChI is InChI=1S/C25H27NO2Si.C20H18BrNO2.C5H10Si/c1-27-24-14-10-22(11-15-24)26(23-12-16-25(28-2)17-13-23)21-8-6-20(7-9-21)18-19-29(3,4)5;1-23-19-11-7-17(8-12-19)22(16-5-3-15(21)4-6-16)18-9-13-20(24-2)14-10-18;1-5-6(2,3)4/h6-17H,1-5H3;3-14H,1-2H3;1H,2-4H3. The molecule has 0 aliphatic heterocycles. The van der Waals surface area contributed by atoms with Gasteiger partial charge in [0.2, 0.25) is 0 Å². The zero-order valence-corrected chi connectivity index (χ0v) is 39.4. The molecule has 0 unspecified atom stereocenters. The van der Waals surface area contributed by atoms with Gasteiger partial charge in [-0.3, -0.25) is 0 Å². The zero-order valence-electron chi connectivity index (χ0n) is 35.8. The molecule has 0 heterocycles. The van der Waals surface area contributed by atoms with Crippen LogP contribution in [0.3, 0.4) is 0 Å². The third kappa shape index (κ3) is 14.5. The van der Waals surface area contributed by atoms with Gasteiger partial charge in [0.25, 0.3) is 0 Å². The van der Waals surface area contributed by atoms with Gasteiger partial charge < -0.3 is 28.7 Å². The monoisotopic (exact) mass is 882 g/mol. The molecule has 304 valence electrons. The fraction of sp³-hybridized carbons (Fsp3) is 0.200. The van der Waals surface area contributed by atoms with E-state index in [0.717, 1.165) is 67.2 Å². The highest BCUT2D eigenvalue weighted by Gasteiger charge is 2.15. The van der Waals surface area contributed by atoms with E-state index in [1.54, 1.807) is 28.4 Å². The molecule has 6 rings (SSSR count). The predicted octanol–water partition coefficient (Wildman–Crippen LogP) is 13.8. The van der Waals surface area contributed by atoms with Gasteiger partial charge in [0.1, 0.15) is 39.1 Å². The van der Waals surface area contributed by atoms with E-state index in [-0.39, 0.29) is 0 Å². The second-order valence-electron chi connectivity index (χ2n) is 15.4. The normalized spacial score (nSPS) is 10.5. The highest BCUT2D eigenvalue weighted by Crippen LogP contribution is 2.38. The quantitative estimate of drug-likeness (QED) is 0.101. The first-order valence-corrected chi connectivity index (χ1v) is 27.0. The lowest BCUT2D eigenvalue weighted by atomic mass is 10.1. The maximum atomic E-state index is 5.31. The molecule has 0 aromatic heterocycles. The van der Waals surface area contributed by atoms with E-state index in [9.17, 15) is 0 Å². The van der Waals surface area contributed by atoms with E-state index >= 15 is 0 Å². The Labute approximate surface area is 362 Å². The molecular weight excluding hydrogens is 829 g/mol. The van der Waals surface area contributed by atoms with Crippen molar-refractivity contribution >= 4 is 66.2 Å². The van der Waals surface area contributed by atoms with E-state index in [0.29, 0.717) is 0 Å². The van der Waals surface area contributed by atoms with Gasteiger partial charge >= 0.3 is 0 Å².